The van der Waals surface area contributed by atoms with Gasteiger partial charge in [0.05, 0.1) is 15.1 Å². The fourth-order valence-electron chi connectivity index (χ4n) is 1.27. The number of halogens is 3. The van der Waals surface area contributed by atoms with Crippen molar-refractivity contribution < 1.29 is 14.7 Å². The van der Waals surface area contributed by atoms with Gasteiger partial charge in [-0.1, -0.05) is 34.8 Å². The Kier molecular flexibility index (Phi) is 5.25. The third-order valence-corrected chi connectivity index (χ3v) is 3.14. The molecule has 3 nitrogen and oxygen atoms in total. The van der Waals surface area contributed by atoms with Crippen LogP contribution in [0.15, 0.2) is 12.1 Å². The van der Waals surface area contributed by atoms with E-state index < -0.39 is 5.97 Å². The highest BCUT2D eigenvalue weighted by atomic mass is 35.5. The maximum absolute atomic E-state index is 11.7. The maximum atomic E-state index is 11.7. The highest BCUT2D eigenvalue weighted by Crippen LogP contribution is 2.29. The normalized spacial score (nSPS) is 10.3. The van der Waals surface area contributed by atoms with Crippen molar-refractivity contribution >= 4 is 46.6 Å². The fraction of sp³-hybridized carbons (Fsp3) is 0.273. The molecule has 0 saturated heterocycles. The van der Waals surface area contributed by atoms with Gasteiger partial charge in [-0.05, 0) is 18.6 Å². The van der Waals surface area contributed by atoms with Gasteiger partial charge in [-0.3, -0.25) is 9.59 Å². The van der Waals surface area contributed by atoms with E-state index >= 15 is 0 Å². The van der Waals surface area contributed by atoms with Crippen LogP contribution in [-0.4, -0.2) is 16.9 Å². The number of carboxylic acids is 1. The SMILES string of the molecule is O=C(O)CCCC(=O)c1cc(Cl)c(Cl)cc1Cl. The number of hydrogen-bond acceptors (Lipinski definition) is 2. The molecule has 0 unspecified atom stereocenters. The van der Waals surface area contributed by atoms with Crippen LogP contribution in [0.3, 0.4) is 0 Å². The van der Waals surface area contributed by atoms with Gasteiger partial charge < -0.3 is 5.11 Å². The summed E-state index contributed by atoms with van der Waals surface area (Å²) >= 11 is 17.4. The molecule has 1 N–H and O–H groups in total. The molecule has 0 radical (unpaired) electrons. The number of carbonyl (C=O) groups is 2. The molecule has 0 fully saturated rings. The Hall–Kier alpha value is -0.770. The number of aliphatic carboxylic acids is 1. The van der Waals surface area contributed by atoms with E-state index in [1.54, 1.807) is 0 Å². The van der Waals surface area contributed by atoms with Crippen molar-refractivity contribution in [2.75, 3.05) is 0 Å². The Bertz CT molecular complexity index is 458. The van der Waals surface area contributed by atoms with Crippen LogP contribution in [0.1, 0.15) is 29.6 Å². The largest absolute Gasteiger partial charge is 0.481 e. The first kappa shape index (κ1) is 14.3. The Morgan fingerprint density at radius 3 is 2.18 bits per heavy atom. The molecule has 0 atom stereocenters. The molecule has 0 amide bonds. The summed E-state index contributed by atoms with van der Waals surface area (Å²) in [5.74, 6) is -1.17. The van der Waals surface area contributed by atoms with Crippen molar-refractivity contribution in [3.63, 3.8) is 0 Å². The molecular formula is C11H9Cl3O3. The lowest BCUT2D eigenvalue weighted by molar-refractivity contribution is -0.137. The molecule has 6 heteroatoms. The summed E-state index contributed by atoms with van der Waals surface area (Å²) < 4.78 is 0. The maximum Gasteiger partial charge on any atom is 0.303 e. The minimum Gasteiger partial charge on any atom is -0.481 e. The van der Waals surface area contributed by atoms with Gasteiger partial charge >= 0.3 is 5.97 Å². The van der Waals surface area contributed by atoms with Gasteiger partial charge in [-0.15, -0.1) is 0 Å². The zero-order chi connectivity index (χ0) is 13.0. The predicted octanol–water partition coefficient (Wildman–Crippen LogP) is 4.08. The molecule has 17 heavy (non-hydrogen) atoms. The second-order valence-electron chi connectivity index (χ2n) is 3.42. The summed E-state index contributed by atoms with van der Waals surface area (Å²) in [6.07, 6.45) is 0.333. The minimum absolute atomic E-state index is 0.0509. The van der Waals surface area contributed by atoms with Gasteiger partial charge in [-0.2, -0.15) is 0 Å². The molecule has 0 bridgehead atoms. The molecule has 0 aliphatic rings. The Balaban J connectivity index is 2.75. The summed E-state index contributed by atoms with van der Waals surface area (Å²) in [6, 6.07) is 2.80. The lowest BCUT2D eigenvalue weighted by Crippen LogP contribution is -2.02. The van der Waals surface area contributed by atoms with Gasteiger partial charge in [0.2, 0.25) is 0 Å². The minimum atomic E-state index is -0.932. The Labute approximate surface area is 113 Å². The highest BCUT2D eigenvalue weighted by molar-refractivity contribution is 6.44. The van der Waals surface area contributed by atoms with Crippen molar-refractivity contribution in [2.24, 2.45) is 0 Å². The van der Waals surface area contributed by atoms with Crippen LogP contribution in [0.25, 0.3) is 0 Å². The smallest absolute Gasteiger partial charge is 0.303 e. The Morgan fingerprint density at radius 2 is 1.59 bits per heavy atom. The summed E-state index contributed by atoms with van der Waals surface area (Å²) in [7, 11) is 0. The van der Waals surface area contributed by atoms with Gasteiger partial charge in [-0.25, -0.2) is 0 Å². The van der Waals surface area contributed by atoms with Crippen LogP contribution in [0.4, 0.5) is 0 Å². The van der Waals surface area contributed by atoms with Crippen molar-refractivity contribution in [1.29, 1.82) is 0 Å². The van der Waals surface area contributed by atoms with Crippen molar-refractivity contribution in [1.82, 2.24) is 0 Å². The van der Waals surface area contributed by atoms with Crippen molar-refractivity contribution in [3.05, 3.63) is 32.8 Å². The number of ketones is 1. The number of rotatable bonds is 5. The summed E-state index contributed by atoms with van der Waals surface area (Å²) in [6.45, 7) is 0. The van der Waals surface area contributed by atoms with E-state index in [0.717, 1.165) is 0 Å². The van der Waals surface area contributed by atoms with Crippen LogP contribution in [0.5, 0.6) is 0 Å². The average molecular weight is 296 g/mol. The third kappa shape index (κ3) is 4.19. The Morgan fingerprint density at radius 1 is 1.00 bits per heavy atom. The van der Waals surface area contributed by atoms with Gasteiger partial charge in [0.1, 0.15) is 0 Å². The average Bonchev–Trinajstić information content (AvgIpc) is 2.22. The van der Waals surface area contributed by atoms with E-state index in [1.165, 1.54) is 12.1 Å². The second kappa shape index (κ2) is 6.24. The molecular weight excluding hydrogens is 286 g/mol. The third-order valence-electron chi connectivity index (χ3n) is 2.10. The van der Waals surface area contributed by atoms with Crippen LogP contribution in [-0.2, 0) is 4.79 Å². The van der Waals surface area contributed by atoms with E-state index in [9.17, 15) is 9.59 Å². The molecule has 0 heterocycles. The van der Waals surface area contributed by atoms with E-state index in [4.69, 9.17) is 39.9 Å². The fourth-order valence-corrected chi connectivity index (χ4v) is 1.92. The zero-order valence-electron chi connectivity index (χ0n) is 8.67. The lowest BCUT2D eigenvalue weighted by Gasteiger charge is -2.05. The van der Waals surface area contributed by atoms with Gasteiger partial charge in [0.15, 0.2) is 5.78 Å². The van der Waals surface area contributed by atoms with Crippen LogP contribution >= 0.6 is 34.8 Å². The summed E-state index contributed by atoms with van der Waals surface area (Å²) in [5, 5.41) is 9.20. The van der Waals surface area contributed by atoms with Crippen molar-refractivity contribution in [3.8, 4) is 0 Å². The highest BCUT2D eigenvalue weighted by Gasteiger charge is 2.13. The molecule has 92 valence electrons. The van der Waals surface area contributed by atoms with Gasteiger partial charge in [0.25, 0.3) is 0 Å². The number of carbonyl (C=O) groups excluding carboxylic acids is 1. The zero-order valence-corrected chi connectivity index (χ0v) is 10.9. The molecule has 1 aromatic rings. The summed E-state index contributed by atoms with van der Waals surface area (Å²) in [4.78, 5) is 22.0. The number of benzene rings is 1. The van der Waals surface area contributed by atoms with Crippen LogP contribution < -0.4 is 0 Å². The number of carboxylic acid groups (broad SMARTS) is 1. The number of hydrogen-bond donors (Lipinski definition) is 1. The molecule has 0 saturated carbocycles. The van der Waals surface area contributed by atoms with Gasteiger partial charge in [0, 0.05) is 18.4 Å². The van der Waals surface area contributed by atoms with E-state index in [1.807, 2.05) is 0 Å². The standard InChI is InChI=1S/C11H9Cl3O3/c12-7-5-9(14)8(13)4-6(7)10(15)2-1-3-11(16)17/h4-5H,1-3H2,(H,16,17). The van der Waals surface area contributed by atoms with E-state index in [0.29, 0.717) is 0 Å². The molecule has 1 aromatic carbocycles. The number of Topliss-reactive ketones (excluding diaryl/α,β-unsaturated/α-hetero) is 1. The monoisotopic (exact) mass is 294 g/mol. The second-order valence-corrected chi connectivity index (χ2v) is 4.64. The molecule has 1 rings (SSSR count). The first-order chi connectivity index (χ1) is 7.91. The van der Waals surface area contributed by atoms with Crippen LogP contribution in [0.2, 0.25) is 15.1 Å². The predicted molar refractivity (Wildman–Crippen MR) is 67.3 cm³/mol. The van der Waals surface area contributed by atoms with Crippen LogP contribution in [0, 0.1) is 0 Å². The first-order valence-electron chi connectivity index (χ1n) is 4.81. The quantitative estimate of drug-likeness (QED) is 0.657. The molecule has 0 spiro atoms. The summed E-state index contributed by atoms with van der Waals surface area (Å²) in [5.41, 5.74) is 0.270. The first-order valence-corrected chi connectivity index (χ1v) is 5.94. The molecule has 0 aromatic heterocycles. The molecule has 0 aliphatic carbocycles. The lowest BCUT2D eigenvalue weighted by atomic mass is 10.1. The topological polar surface area (TPSA) is 54.4 Å². The van der Waals surface area contributed by atoms with E-state index in [-0.39, 0.29) is 45.7 Å². The van der Waals surface area contributed by atoms with Crippen molar-refractivity contribution in [2.45, 2.75) is 19.3 Å². The molecule has 0 aliphatic heterocycles. The van der Waals surface area contributed by atoms with E-state index in [2.05, 4.69) is 0 Å².